The van der Waals surface area contributed by atoms with Crippen molar-refractivity contribution in [1.82, 2.24) is 4.90 Å². The molecule has 132 valence electrons. The SMILES string of the molecule is C=CCCN(CCC)/C(=N/C(=C\C)C(=CC)/C=N\C(=C)C)C(=C)C. The lowest BCUT2D eigenvalue weighted by atomic mass is 10.1. The molecule has 0 aliphatic heterocycles. The van der Waals surface area contributed by atoms with Gasteiger partial charge >= 0.3 is 0 Å². The number of allylic oxidation sites excluding steroid dienone is 4. The van der Waals surface area contributed by atoms with Gasteiger partial charge in [-0.1, -0.05) is 38.3 Å². The fourth-order valence-corrected chi connectivity index (χ4v) is 2.15. The number of nitrogens with zero attached hydrogens (tertiary/aromatic N) is 3. The summed E-state index contributed by atoms with van der Waals surface area (Å²) in [5, 5.41) is 0. The smallest absolute Gasteiger partial charge is 0.131 e. The first-order chi connectivity index (χ1) is 11.4. The normalized spacial score (nSPS) is 13.3. The molecule has 0 aromatic rings. The molecule has 0 radical (unpaired) electrons. The zero-order chi connectivity index (χ0) is 18.5. The van der Waals surface area contributed by atoms with Crippen LogP contribution in [0.25, 0.3) is 0 Å². The predicted molar refractivity (Wildman–Crippen MR) is 110 cm³/mol. The Hall–Kier alpha value is -2.16. The van der Waals surface area contributed by atoms with Gasteiger partial charge in [-0.15, -0.1) is 6.58 Å². The molecule has 0 unspecified atom stereocenters. The maximum Gasteiger partial charge on any atom is 0.131 e. The van der Waals surface area contributed by atoms with Gasteiger partial charge in [0.1, 0.15) is 5.84 Å². The molecule has 0 rings (SSSR count). The van der Waals surface area contributed by atoms with Crippen molar-refractivity contribution in [3.05, 3.63) is 60.5 Å². The summed E-state index contributed by atoms with van der Waals surface area (Å²) >= 11 is 0. The van der Waals surface area contributed by atoms with E-state index in [0.717, 1.165) is 54.3 Å². The molecule has 0 aliphatic rings. The van der Waals surface area contributed by atoms with Crippen LogP contribution in [0.4, 0.5) is 0 Å². The van der Waals surface area contributed by atoms with Crippen LogP contribution in [0.1, 0.15) is 47.5 Å². The molecule has 0 aromatic heterocycles. The van der Waals surface area contributed by atoms with Gasteiger partial charge < -0.3 is 4.90 Å². The van der Waals surface area contributed by atoms with Crippen LogP contribution in [0.3, 0.4) is 0 Å². The van der Waals surface area contributed by atoms with Gasteiger partial charge in [0.05, 0.1) is 5.70 Å². The first-order valence-electron chi connectivity index (χ1n) is 8.54. The third kappa shape index (κ3) is 7.91. The van der Waals surface area contributed by atoms with Crippen molar-refractivity contribution in [2.24, 2.45) is 9.98 Å². The highest BCUT2D eigenvalue weighted by atomic mass is 15.2. The summed E-state index contributed by atoms with van der Waals surface area (Å²) < 4.78 is 0. The van der Waals surface area contributed by atoms with Gasteiger partial charge in [0.15, 0.2) is 0 Å². The summed E-state index contributed by atoms with van der Waals surface area (Å²) in [5.74, 6) is 0.926. The summed E-state index contributed by atoms with van der Waals surface area (Å²) in [4.78, 5) is 11.5. The predicted octanol–water partition coefficient (Wildman–Crippen LogP) is 5.70. The summed E-state index contributed by atoms with van der Waals surface area (Å²) in [6.45, 7) is 23.6. The van der Waals surface area contributed by atoms with E-state index in [1.54, 1.807) is 0 Å². The molecule has 3 nitrogen and oxygen atoms in total. The van der Waals surface area contributed by atoms with Crippen LogP contribution in [0.5, 0.6) is 0 Å². The standard InChI is InChI=1S/C21H33N3/c1-9-13-15-24(14-10-2)21(17(5)6)23-20(12-4)19(11-3)16-22-18(7)8/h9,11-12,16H,1,5,7,10,13-15H2,2-4,6,8H3/b19-11?,20-12-,22-16-,23-21+. The van der Waals surface area contributed by atoms with Crippen LogP contribution < -0.4 is 0 Å². The molecule has 0 fully saturated rings. The lowest BCUT2D eigenvalue weighted by Gasteiger charge is -2.26. The zero-order valence-electron chi connectivity index (χ0n) is 16.1. The molecule has 0 bridgehead atoms. The van der Waals surface area contributed by atoms with E-state index in [0.29, 0.717) is 0 Å². The minimum absolute atomic E-state index is 0.771. The molecule has 0 aliphatic carbocycles. The van der Waals surface area contributed by atoms with Gasteiger partial charge in [-0.05, 0) is 46.1 Å². The van der Waals surface area contributed by atoms with Gasteiger partial charge in [0, 0.05) is 30.6 Å². The number of hydrogen-bond acceptors (Lipinski definition) is 2. The molecular formula is C21H33N3. The lowest BCUT2D eigenvalue weighted by Crippen LogP contribution is -2.33. The largest absolute Gasteiger partial charge is 0.356 e. The maximum atomic E-state index is 4.90. The fourth-order valence-electron chi connectivity index (χ4n) is 2.15. The van der Waals surface area contributed by atoms with Gasteiger partial charge in [-0.3, -0.25) is 4.99 Å². The van der Waals surface area contributed by atoms with E-state index in [9.17, 15) is 0 Å². The second kappa shape index (κ2) is 12.3. The Labute approximate surface area is 148 Å². The molecule has 0 atom stereocenters. The molecule has 0 heterocycles. The minimum Gasteiger partial charge on any atom is -0.356 e. The average Bonchev–Trinajstić information content (AvgIpc) is 2.54. The second-order valence-corrected chi connectivity index (χ2v) is 5.69. The Morgan fingerprint density at radius 3 is 2.17 bits per heavy atom. The topological polar surface area (TPSA) is 28.0 Å². The van der Waals surface area contributed by atoms with Crippen LogP contribution in [0.15, 0.2) is 70.5 Å². The third-order valence-electron chi connectivity index (χ3n) is 3.31. The van der Waals surface area contributed by atoms with Crippen LogP contribution >= 0.6 is 0 Å². The number of rotatable bonds is 10. The third-order valence-corrected chi connectivity index (χ3v) is 3.31. The van der Waals surface area contributed by atoms with Crippen molar-refractivity contribution in [3.8, 4) is 0 Å². The molecule has 0 aromatic carbocycles. The molecule has 0 N–H and O–H groups in total. The summed E-state index contributed by atoms with van der Waals surface area (Å²) in [7, 11) is 0. The Bertz CT molecular complexity index is 560. The highest BCUT2D eigenvalue weighted by molar-refractivity contribution is 5.99. The first-order valence-corrected chi connectivity index (χ1v) is 8.54. The Kier molecular flexibility index (Phi) is 11.2. The molecular weight excluding hydrogens is 294 g/mol. The van der Waals surface area contributed by atoms with E-state index < -0.39 is 0 Å². The summed E-state index contributed by atoms with van der Waals surface area (Å²) in [6.07, 6.45) is 9.74. The van der Waals surface area contributed by atoms with Gasteiger partial charge in [-0.2, -0.15) is 0 Å². The highest BCUT2D eigenvalue weighted by Crippen LogP contribution is 2.15. The molecule has 3 heteroatoms. The van der Waals surface area contributed by atoms with Crippen LogP contribution in [0.2, 0.25) is 0 Å². The quantitative estimate of drug-likeness (QED) is 0.219. The van der Waals surface area contributed by atoms with Crippen LogP contribution in [-0.2, 0) is 0 Å². The van der Waals surface area contributed by atoms with Crippen molar-refractivity contribution >= 4 is 12.1 Å². The number of amidine groups is 1. The van der Waals surface area contributed by atoms with E-state index in [1.165, 1.54) is 0 Å². The molecule has 0 saturated heterocycles. The molecule has 0 saturated carbocycles. The number of aliphatic imine (C=N–C) groups is 2. The highest BCUT2D eigenvalue weighted by Gasteiger charge is 2.12. The Morgan fingerprint density at radius 1 is 1.08 bits per heavy atom. The van der Waals surface area contributed by atoms with E-state index in [4.69, 9.17) is 4.99 Å². The van der Waals surface area contributed by atoms with Crippen molar-refractivity contribution in [3.63, 3.8) is 0 Å². The van der Waals surface area contributed by atoms with Crippen LogP contribution in [0, 0.1) is 0 Å². The van der Waals surface area contributed by atoms with Crippen LogP contribution in [-0.4, -0.2) is 30.0 Å². The number of hydrogen-bond donors (Lipinski definition) is 0. The van der Waals surface area contributed by atoms with E-state index in [2.05, 4.69) is 36.6 Å². The summed E-state index contributed by atoms with van der Waals surface area (Å²) in [5.41, 5.74) is 3.59. The average molecular weight is 328 g/mol. The van der Waals surface area contributed by atoms with E-state index >= 15 is 0 Å². The lowest BCUT2D eigenvalue weighted by molar-refractivity contribution is 0.424. The van der Waals surface area contributed by atoms with E-state index in [-0.39, 0.29) is 0 Å². The van der Waals surface area contributed by atoms with Crippen molar-refractivity contribution < 1.29 is 0 Å². The first kappa shape index (κ1) is 21.8. The van der Waals surface area contributed by atoms with Crippen molar-refractivity contribution in [2.45, 2.75) is 47.5 Å². The fraction of sp³-hybridized carbons (Fsp3) is 0.429. The van der Waals surface area contributed by atoms with E-state index in [1.807, 2.05) is 52.1 Å². The van der Waals surface area contributed by atoms with Gasteiger partial charge in [0.25, 0.3) is 0 Å². The van der Waals surface area contributed by atoms with Gasteiger partial charge in [0.2, 0.25) is 0 Å². The zero-order valence-corrected chi connectivity index (χ0v) is 16.1. The second-order valence-electron chi connectivity index (χ2n) is 5.69. The van der Waals surface area contributed by atoms with Crippen molar-refractivity contribution in [2.75, 3.05) is 13.1 Å². The molecule has 24 heavy (non-hydrogen) atoms. The van der Waals surface area contributed by atoms with Gasteiger partial charge in [-0.25, -0.2) is 4.99 Å². The van der Waals surface area contributed by atoms with Crippen molar-refractivity contribution in [1.29, 1.82) is 0 Å². The minimum atomic E-state index is 0.771. The summed E-state index contributed by atoms with van der Waals surface area (Å²) in [6, 6.07) is 0. The maximum absolute atomic E-state index is 4.90. The Morgan fingerprint density at radius 2 is 1.75 bits per heavy atom. The molecule has 0 amide bonds. The molecule has 0 spiro atoms. The monoisotopic (exact) mass is 327 g/mol. The Balaban J connectivity index is 5.77.